The Morgan fingerprint density at radius 2 is 1.61 bits per heavy atom. The van der Waals surface area contributed by atoms with Crippen molar-refractivity contribution >= 4 is 30.6 Å². The van der Waals surface area contributed by atoms with Gasteiger partial charge in [-0.25, -0.2) is 17.7 Å². The zero-order valence-electron chi connectivity index (χ0n) is 18.8. The Morgan fingerprint density at radius 1 is 1.10 bits per heavy atom. The highest BCUT2D eigenvalue weighted by molar-refractivity contribution is 7.98. The molecule has 1 aromatic heterocycles. The lowest BCUT2D eigenvalue weighted by atomic mass is 10.1. The van der Waals surface area contributed by atoms with Crippen LogP contribution in [-0.4, -0.2) is 45.7 Å². The van der Waals surface area contributed by atoms with Crippen LogP contribution < -0.4 is 0 Å². The van der Waals surface area contributed by atoms with Gasteiger partial charge in [0.2, 0.25) is 0 Å². The molecule has 0 radical (unpaired) electrons. The van der Waals surface area contributed by atoms with E-state index in [-0.39, 0.29) is 30.2 Å². The molecule has 0 aliphatic heterocycles. The minimum Gasteiger partial charge on any atom is -0.451 e. The van der Waals surface area contributed by atoms with Gasteiger partial charge in [0.1, 0.15) is 5.03 Å². The molecule has 1 aromatic carbocycles. The first kappa shape index (κ1) is 27.4. The number of thioether (sulfide) groups is 1. The highest BCUT2D eigenvalue weighted by Crippen LogP contribution is 2.33. The van der Waals surface area contributed by atoms with Crippen LogP contribution in [0.25, 0.3) is 0 Å². The summed E-state index contributed by atoms with van der Waals surface area (Å²) in [7, 11) is 2.15. The van der Waals surface area contributed by atoms with Gasteiger partial charge in [0.25, 0.3) is 12.9 Å². The van der Waals surface area contributed by atoms with Gasteiger partial charge in [-0.3, -0.25) is 4.79 Å². The van der Waals surface area contributed by atoms with E-state index in [0.717, 1.165) is 0 Å². The number of benzene rings is 1. The van der Waals surface area contributed by atoms with Crippen LogP contribution in [0.3, 0.4) is 0 Å². The summed E-state index contributed by atoms with van der Waals surface area (Å²) >= 11 is 1.27. The number of hydrogen-bond donors (Lipinski definition) is 0. The van der Waals surface area contributed by atoms with E-state index in [1.54, 1.807) is 13.2 Å². The van der Waals surface area contributed by atoms with Crippen LogP contribution in [0.2, 0.25) is 0 Å². The number of imidazole rings is 1. The van der Waals surface area contributed by atoms with Gasteiger partial charge in [0.15, 0.2) is 24.3 Å². The van der Waals surface area contributed by atoms with E-state index in [4.69, 9.17) is 4.74 Å². The molecular formula is C21H30F3N3O2S2. The Labute approximate surface area is 191 Å². The highest BCUT2D eigenvalue weighted by Gasteiger charge is 2.26. The molecular weight excluding hydrogens is 447 g/mol. The molecule has 0 amide bonds. The number of ether oxygens (including phenoxy) is 1. The summed E-state index contributed by atoms with van der Waals surface area (Å²) in [5.74, 6) is 0.177. The summed E-state index contributed by atoms with van der Waals surface area (Å²) in [5.41, 5.74) is 0.848. The van der Waals surface area contributed by atoms with E-state index >= 15 is 0 Å². The molecule has 0 aliphatic rings. The molecule has 0 aliphatic carbocycles. The van der Waals surface area contributed by atoms with Gasteiger partial charge in [-0.05, 0) is 47.9 Å². The predicted octanol–water partition coefficient (Wildman–Crippen LogP) is 6.23. The van der Waals surface area contributed by atoms with Crippen molar-refractivity contribution < 1.29 is 22.2 Å². The average molecular weight is 478 g/mol. The molecule has 2 aromatic rings. The zero-order chi connectivity index (χ0) is 23.7. The monoisotopic (exact) mass is 477 g/mol. The Hall–Kier alpha value is -1.65. The molecule has 2 rings (SSSR count). The standard InChI is InChI=1S/C14H13F3N2O2S2.C7H17N/c1-8-14(22-2)18-13(19(8)23-17)11(21-7-20)9-3-5-10(6-4-9)12(15)16;1-6(2)8(5)7(3)4/h3-7,11-12H,1-2H3;6-7H,1-5H3. The summed E-state index contributed by atoms with van der Waals surface area (Å²) in [6, 6.07) is 6.64. The number of aromatic nitrogens is 2. The normalized spacial score (nSPS) is 12.3. The van der Waals surface area contributed by atoms with E-state index in [1.165, 1.54) is 40.0 Å². The van der Waals surface area contributed by atoms with Crippen molar-refractivity contribution in [1.82, 2.24) is 13.9 Å². The lowest BCUT2D eigenvalue weighted by molar-refractivity contribution is -0.132. The topological polar surface area (TPSA) is 47.4 Å². The number of nitrogens with zero attached hydrogens (tertiary/aromatic N) is 3. The molecule has 0 N–H and O–H groups in total. The van der Waals surface area contributed by atoms with Crippen LogP contribution in [0, 0.1) is 6.92 Å². The molecule has 31 heavy (non-hydrogen) atoms. The van der Waals surface area contributed by atoms with Gasteiger partial charge in [-0.2, -0.15) is 0 Å². The summed E-state index contributed by atoms with van der Waals surface area (Å²) in [5, 5.41) is 0.592. The second-order valence-electron chi connectivity index (χ2n) is 7.36. The van der Waals surface area contributed by atoms with Gasteiger partial charge in [0, 0.05) is 23.2 Å². The van der Waals surface area contributed by atoms with Gasteiger partial charge in [-0.15, -0.1) is 15.6 Å². The van der Waals surface area contributed by atoms with Crippen molar-refractivity contribution in [3.05, 3.63) is 46.9 Å². The number of halogens is 3. The number of alkyl halides is 2. The fraction of sp³-hybridized carbons (Fsp3) is 0.524. The minimum absolute atomic E-state index is 0.0599. The van der Waals surface area contributed by atoms with Crippen molar-refractivity contribution in [2.75, 3.05) is 13.3 Å². The van der Waals surface area contributed by atoms with E-state index in [2.05, 4.69) is 44.6 Å². The molecule has 0 spiro atoms. The molecule has 0 saturated carbocycles. The largest absolute Gasteiger partial charge is 0.451 e. The van der Waals surface area contributed by atoms with Crippen LogP contribution in [0.1, 0.15) is 62.9 Å². The zero-order valence-corrected chi connectivity index (χ0v) is 20.4. The van der Waals surface area contributed by atoms with Crippen LogP contribution in [0.4, 0.5) is 12.7 Å². The van der Waals surface area contributed by atoms with Crippen molar-refractivity contribution in [2.24, 2.45) is 0 Å². The Kier molecular flexibility index (Phi) is 11.5. The quantitative estimate of drug-likeness (QED) is 0.315. The van der Waals surface area contributed by atoms with E-state index in [1.807, 2.05) is 0 Å². The summed E-state index contributed by atoms with van der Waals surface area (Å²) in [6.07, 6.45) is -1.79. The van der Waals surface area contributed by atoms with Crippen LogP contribution in [0.5, 0.6) is 0 Å². The minimum atomic E-state index is -2.59. The van der Waals surface area contributed by atoms with Gasteiger partial charge in [0.05, 0.1) is 5.69 Å². The van der Waals surface area contributed by atoms with Crippen LogP contribution >= 0.6 is 24.1 Å². The number of carbonyl (C=O) groups excluding carboxylic acids is 1. The van der Waals surface area contributed by atoms with Gasteiger partial charge >= 0.3 is 0 Å². The molecule has 1 heterocycles. The first-order valence-electron chi connectivity index (χ1n) is 9.70. The summed E-state index contributed by atoms with van der Waals surface area (Å²) in [6.45, 7) is 10.7. The lowest BCUT2D eigenvalue weighted by Gasteiger charge is -2.24. The van der Waals surface area contributed by atoms with E-state index in [0.29, 0.717) is 28.4 Å². The number of rotatable bonds is 9. The lowest BCUT2D eigenvalue weighted by Crippen LogP contribution is -2.32. The van der Waals surface area contributed by atoms with Crippen molar-refractivity contribution in [3.63, 3.8) is 0 Å². The van der Waals surface area contributed by atoms with Crippen LogP contribution in [-0.2, 0) is 9.53 Å². The summed E-state index contributed by atoms with van der Waals surface area (Å²) < 4.78 is 44.8. The molecule has 0 fully saturated rings. The SMILES string of the molecule is CC(C)N(C)C(C)C.CSc1nc(C(OC=O)c2ccc(C(F)F)cc2)n(SF)c1C. The molecule has 5 nitrogen and oxygen atoms in total. The van der Waals surface area contributed by atoms with Gasteiger partial charge in [-0.1, -0.05) is 24.3 Å². The maximum Gasteiger partial charge on any atom is 0.294 e. The first-order valence-corrected chi connectivity index (χ1v) is 11.6. The highest BCUT2D eigenvalue weighted by atomic mass is 32.2. The molecule has 0 bridgehead atoms. The maximum absolute atomic E-state index is 13.3. The van der Waals surface area contributed by atoms with Crippen LogP contribution in [0.15, 0.2) is 29.3 Å². The second-order valence-corrected chi connectivity index (χ2v) is 8.66. The van der Waals surface area contributed by atoms with E-state index < -0.39 is 12.5 Å². The third-order valence-electron chi connectivity index (χ3n) is 4.85. The number of hydrogen-bond acceptors (Lipinski definition) is 6. The molecule has 10 heteroatoms. The molecule has 1 atom stereocenters. The third kappa shape index (κ3) is 7.47. The smallest absolute Gasteiger partial charge is 0.294 e. The maximum atomic E-state index is 13.3. The fourth-order valence-electron chi connectivity index (χ4n) is 2.69. The molecule has 174 valence electrons. The Balaban J connectivity index is 0.000000512. The van der Waals surface area contributed by atoms with Crippen molar-refractivity contribution in [1.29, 1.82) is 0 Å². The molecule has 1 unspecified atom stereocenters. The Bertz CT molecular complexity index is 807. The summed E-state index contributed by atoms with van der Waals surface area (Å²) in [4.78, 5) is 17.4. The third-order valence-corrected chi connectivity index (χ3v) is 6.22. The van der Waals surface area contributed by atoms with E-state index in [9.17, 15) is 17.5 Å². The molecule has 0 saturated heterocycles. The van der Waals surface area contributed by atoms with Crippen molar-refractivity contribution in [2.45, 2.75) is 64.3 Å². The fourth-order valence-corrected chi connectivity index (χ4v) is 3.72. The van der Waals surface area contributed by atoms with Crippen molar-refractivity contribution in [3.8, 4) is 0 Å². The second kappa shape index (κ2) is 13.0. The Morgan fingerprint density at radius 3 is 1.97 bits per heavy atom. The average Bonchev–Trinajstić information content (AvgIpc) is 3.06. The number of carbonyl (C=O) groups is 1. The predicted molar refractivity (Wildman–Crippen MR) is 121 cm³/mol. The van der Waals surface area contributed by atoms with Gasteiger partial charge < -0.3 is 9.64 Å². The first-order chi connectivity index (χ1) is 14.6.